The monoisotopic (exact) mass is 520 g/mol. The highest BCUT2D eigenvalue weighted by atomic mass is 19.4. The number of ether oxygens (including phenoxy) is 3. The van der Waals surface area contributed by atoms with Gasteiger partial charge >= 0.3 is 12.4 Å². The van der Waals surface area contributed by atoms with Gasteiger partial charge in [-0.3, -0.25) is 0 Å². The van der Waals surface area contributed by atoms with Gasteiger partial charge in [-0.25, -0.2) is 0 Å². The van der Waals surface area contributed by atoms with Crippen molar-refractivity contribution in [3.8, 4) is 11.1 Å². The van der Waals surface area contributed by atoms with Crippen molar-refractivity contribution in [1.82, 2.24) is 0 Å². The van der Waals surface area contributed by atoms with Crippen LogP contribution in [-0.2, 0) is 26.6 Å². The Balaban J connectivity index is 2.39. The summed E-state index contributed by atoms with van der Waals surface area (Å²) in [7, 11) is 4.37. The number of alkyl halides is 6. The van der Waals surface area contributed by atoms with E-state index < -0.39 is 29.5 Å². The lowest BCUT2D eigenvalue weighted by Gasteiger charge is -2.36. The number of benzene rings is 2. The predicted octanol–water partition coefficient (Wildman–Crippen LogP) is 8.82. The van der Waals surface area contributed by atoms with Crippen LogP contribution >= 0.6 is 0 Å². The first-order chi connectivity index (χ1) is 16.9. The van der Waals surface area contributed by atoms with Crippen LogP contribution in [0.25, 0.3) is 11.1 Å². The Morgan fingerprint density at radius 2 is 1.11 bits per heavy atom. The number of rotatable bonds is 13. The molecule has 0 spiro atoms. The highest BCUT2D eigenvalue weighted by molar-refractivity contribution is 5.66. The summed E-state index contributed by atoms with van der Waals surface area (Å²) in [6.07, 6.45) is -2.72. The quantitative estimate of drug-likeness (QED) is 0.150. The average molecular weight is 521 g/mol. The molecular weight excluding hydrogens is 486 g/mol. The first-order valence-corrected chi connectivity index (χ1v) is 12.0. The second-order valence-corrected chi connectivity index (χ2v) is 8.74. The standard InChI is InChI=1S/C27H34F6O3/c1-5-6-7-8-9-10-11-24(27(34-2,35-3)36-4)20-14-12-19(13-15-20)21-16-22(25(28,29)30)18-23(17-21)26(31,32)33/h12-18,24H,5-11H2,1-4H3. The molecule has 0 N–H and O–H groups in total. The van der Waals surface area contributed by atoms with Crippen molar-refractivity contribution in [3.63, 3.8) is 0 Å². The molecule has 202 valence electrons. The molecule has 2 rings (SSSR count). The lowest BCUT2D eigenvalue weighted by Crippen LogP contribution is -2.42. The molecule has 1 unspecified atom stereocenters. The predicted molar refractivity (Wildman–Crippen MR) is 126 cm³/mol. The van der Waals surface area contributed by atoms with E-state index in [1.807, 2.05) is 0 Å². The number of hydrogen-bond donors (Lipinski definition) is 0. The van der Waals surface area contributed by atoms with Crippen molar-refractivity contribution < 1.29 is 40.6 Å². The van der Waals surface area contributed by atoms with E-state index in [0.29, 0.717) is 6.42 Å². The molecule has 0 bridgehead atoms. The summed E-state index contributed by atoms with van der Waals surface area (Å²) in [4.78, 5) is 0. The van der Waals surface area contributed by atoms with E-state index in [1.54, 1.807) is 12.1 Å². The van der Waals surface area contributed by atoms with Crippen LogP contribution in [-0.4, -0.2) is 27.3 Å². The molecule has 0 fully saturated rings. The van der Waals surface area contributed by atoms with Gasteiger partial charge < -0.3 is 14.2 Å². The van der Waals surface area contributed by atoms with Crippen LogP contribution < -0.4 is 0 Å². The average Bonchev–Trinajstić information content (AvgIpc) is 2.85. The molecule has 2 aromatic carbocycles. The molecule has 0 saturated carbocycles. The van der Waals surface area contributed by atoms with E-state index >= 15 is 0 Å². The van der Waals surface area contributed by atoms with Gasteiger partial charge in [0.15, 0.2) is 0 Å². The van der Waals surface area contributed by atoms with Gasteiger partial charge in [0.1, 0.15) is 0 Å². The molecule has 0 aliphatic heterocycles. The van der Waals surface area contributed by atoms with E-state index in [9.17, 15) is 26.3 Å². The normalized spacial score (nSPS) is 13.7. The highest BCUT2D eigenvalue weighted by Gasteiger charge is 2.41. The van der Waals surface area contributed by atoms with E-state index in [4.69, 9.17) is 14.2 Å². The van der Waals surface area contributed by atoms with Crippen molar-refractivity contribution in [3.05, 3.63) is 59.2 Å². The summed E-state index contributed by atoms with van der Waals surface area (Å²) in [5.41, 5.74) is -1.91. The Morgan fingerprint density at radius 3 is 1.56 bits per heavy atom. The first kappa shape index (κ1) is 30.1. The zero-order valence-electron chi connectivity index (χ0n) is 21.1. The van der Waals surface area contributed by atoms with Gasteiger partial charge in [-0.15, -0.1) is 0 Å². The molecule has 0 radical (unpaired) electrons. The Morgan fingerprint density at radius 1 is 0.639 bits per heavy atom. The fraction of sp³-hybridized carbons (Fsp3) is 0.556. The van der Waals surface area contributed by atoms with Crippen LogP contribution in [0.2, 0.25) is 0 Å². The van der Waals surface area contributed by atoms with Crippen molar-refractivity contribution in [2.75, 3.05) is 21.3 Å². The summed E-state index contributed by atoms with van der Waals surface area (Å²) in [6, 6.07) is 7.91. The van der Waals surface area contributed by atoms with Gasteiger partial charge in [0.2, 0.25) is 0 Å². The summed E-state index contributed by atoms with van der Waals surface area (Å²) in [5.74, 6) is -1.75. The van der Waals surface area contributed by atoms with E-state index in [-0.39, 0.29) is 23.1 Å². The zero-order valence-corrected chi connectivity index (χ0v) is 21.1. The molecule has 2 aromatic rings. The van der Waals surface area contributed by atoms with Gasteiger partial charge in [0.25, 0.3) is 5.97 Å². The third kappa shape index (κ3) is 7.70. The van der Waals surface area contributed by atoms with Gasteiger partial charge in [-0.1, -0.05) is 69.7 Å². The molecular formula is C27H34F6O3. The fourth-order valence-corrected chi connectivity index (χ4v) is 4.38. The molecule has 0 aliphatic rings. The maximum atomic E-state index is 13.3. The minimum Gasteiger partial charge on any atom is -0.330 e. The minimum atomic E-state index is -4.91. The van der Waals surface area contributed by atoms with Crippen molar-refractivity contribution in [2.45, 2.75) is 76.1 Å². The fourth-order valence-electron chi connectivity index (χ4n) is 4.38. The molecule has 0 heterocycles. The largest absolute Gasteiger partial charge is 0.416 e. The molecule has 0 aromatic heterocycles. The molecule has 0 aliphatic carbocycles. The van der Waals surface area contributed by atoms with Crippen molar-refractivity contribution in [1.29, 1.82) is 0 Å². The molecule has 0 amide bonds. The Bertz CT molecular complexity index is 893. The maximum absolute atomic E-state index is 13.3. The van der Waals surface area contributed by atoms with E-state index in [0.717, 1.165) is 49.8 Å². The summed E-state index contributed by atoms with van der Waals surface area (Å²) >= 11 is 0. The first-order valence-electron chi connectivity index (χ1n) is 12.0. The van der Waals surface area contributed by atoms with Crippen LogP contribution in [0.5, 0.6) is 0 Å². The Hall–Kier alpha value is -2.10. The van der Waals surface area contributed by atoms with E-state index in [2.05, 4.69) is 6.92 Å². The van der Waals surface area contributed by atoms with Crippen molar-refractivity contribution >= 4 is 0 Å². The molecule has 3 nitrogen and oxygen atoms in total. The molecule has 0 saturated heterocycles. The maximum Gasteiger partial charge on any atom is 0.416 e. The molecule has 36 heavy (non-hydrogen) atoms. The lowest BCUT2D eigenvalue weighted by molar-refractivity contribution is -0.365. The van der Waals surface area contributed by atoms with Gasteiger partial charge in [-0.2, -0.15) is 26.3 Å². The number of methoxy groups -OCH3 is 3. The second-order valence-electron chi connectivity index (χ2n) is 8.74. The topological polar surface area (TPSA) is 27.7 Å². The van der Waals surface area contributed by atoms with Crippen LogP contribution in [0.1, 0.15) is 74.5 Å². The number of hydrogen-bond acceptors (Lipinski definition) is 3. The number of unbranched alkanes of at least 4 members (excludes halogenated alkanes) is 5. The summed E-state index contributed by atoms with van der Waals surface area (Å²) in [5, 5.41) is 0. The highest BCUT2D eigenvalue weighted by Crippen LogP contribution is 2.40. The van der Waals surface area contributed by atoms with Gasteiger partial charge in [0.05, 0.1) is 17.0 Å². The minimum absolute atomic E-state index is 0.124. The summed E-state index contributed by atoms with van der Waals surface area (Å²) in [6.45, 7) is 2.15. The van der Waals surface area contributed by atoms with Crippen LogP contribution in [0.3, 0.4) is 0 Å². The lowest BCUT2D eigenvalue weighted by atomic mass is 9.88. The van der Waals surface area contributed by atoms with Gasteiger partial charge in [0, 0.05) is 21.3 Å². The third-order valence-corrected chi connectivity index (χ3v) is 6.36. The van der Waals surface area contributed by atoms with Crippen molar-refractivity contribution in [2.24, 2.45) is 0 Å². The summed E-state index contributed by atoms with van der Waals surface area (Å²) < 4.78 is 96.4. The van der Waals surface area contributed by atoms with Gasteiger partial charge in [-0.05, 0) is 41.3 Å². The Kier molecular flexibility index (Phi) is 10.8. The third-order valence-electron chi connectivity index (χ3n) is 6.36. The smallest absolute Gasteiger partial charge is 0.330 e. The molecule has 9 heteroatoms. The van der Waals surface area contributed by atoms with E-state index in [1.165, 1.54) is 39.9 Å². The zero-order chi connectivity index (χ0) is 27.0. The van der Waals surface area contributed by atoms with Crippen LogP contribution in [0, 0.1) is 0 Å². The van der Waals surface area contributed by atoms with Crippen LogP contribution in [0.4, 0.5) is 26.3 Å². The second kappa shape index (κ2) is 12.9. The number of halogens is 6. The van der Waals surface area contributed by atoms with Crippen LogP contribution in [0.15, 0.2) is 42.5 Å². The Labute approximate surface area is 208 Å². The SMILES string of the molecule is CCCCCCCCC(c1ccc(-c2cc(C(F)(F)F)cc(C(F)(F)F)c2)cc1)C(OC)(OC)OC. The molecule has 1 atom stereocenters.